The standard InChI is InChI=1S/C25H35NO5/c1-15(2)31-24(28)21-17(4)26-16(3)20(23(27)30-14-13-29-8)22(21)18-9-11-19(12-10-18)25(5,6)7/h9-12,15,22,26H,13-14H2,1-8H3. The molecular weight excluding hydrogens is 394 g/mol. The molecule has 0 bridgehead atoms. The Hall–Kier alpha value is -2.60. The quantitative estimate of drug-likeness (QED) is 0.513. The Morgan fingerprint density at radius 2 is 1.52 bits per heavy atom. The smallest absolute Gasteiger partial charge is 0.337 e. The van der Waals surface area contributed by atoms with E-state index >= 15 is 0 Å². The summed E-state index contributed by atoms with van der Waals surface area (Å²) in [7, 11) is 1.55. The van der Waals surface area contributed by atoms with Gasteiger partial charge in [-0.2, -0.15) is 0 Å². The van der Waals surface area contributed by atoms with Gasteiger partial charge in [-0.15, -0.1) is 0 Å². The highest BCUT2D eigenvalue weighted by atomic mass is 16.6. The Morgan fingerprint density at radius 1 is 0.968 bits per heavy atom. The Kier molecular flexibility index (Phi) is 8.07. The molecule has 6 heteroatoms. The van der Waals surface area contributed by atoms with E-state index in [4.69, 9.17) is 14.2 Å². The van der Waals surface area contributed by atoms with Crippen LogP contribution in [0.4, 0.5) is 0 Å². The molecule has 0 fully saturated rings. The topological polar surface area (TPSA) is 73.9 Å². The van der Waals surface area contributed by atoms with Crippen molar-refractivity contribution in [1.29, 1.82) is 0 Å². The van der Waals surface area contributed by atoms with Crippen molar-refractivity contribution in [3.63, 3.8) is 0 Å². The van der Waals surface area contributed by atoms with Crippen LogP contribution in [0, 0.1) is 0 Å². The second kappa shape index (κ2) is 10.1. The van der Waals surface area contributed by atoms with Crippen molar-refractivity contribution in [3.8, 4) is 0 Å². The van der Waals surface area contributed by atoms with Gasteiger partial charge >= 0.3 is 11.9 Å². The van der Waals surface area contributed by atoms with Gasteiger partial charge in [0.15, 0.2) is 0 Å². The number of carbonyl (C=O) groups is 2. The van der Waals surface area contributed by atoms with E-state index in [1.807, 2.05) is 38.1 Å². The molecule has 0 radical (unpaired) electrons. The van der Waals surface area contributed by atoms with Crippen molar-refractivity contribution < 1.29 is 23.8 Å². The molecule has 0 aromatic heterocycles. The zero-order valence-electron chi connectivity index (χ0n) is 19.9. The molecule has 1 aromatic rings. The predicted octanol–water partition coefficient (Wildman–Crippen LogP) is 4.36. The van der Waals surface area contributed by atoms with E-state index in [2.05, 4.69) is 26.1 Å². The third-order valence-corrected chi connectivity index (χ3v) is 5.17. The van der Waals surface area contributed by atoms with E-state index in [9.17, 15) is 9.59 Å². The van der Waals surface area contributed by atoms with Gasteiger partial charge in [0.25, 0.3) is 0 Å². The second-order valence-electron chi connectivity index (χ2n) is 9.09. The minimum Gasteiger partial charge on any atom is -0.460 e. The van der Waals surface area contributed by atoms with Crippen LogP contribution in [0.2, 0.25) is 0 Å². The van der Waals surface area contributed by atoms with Crippen molar-refractivity contribution in [3.05, 3.63) is 57.9 Å². The number of hydrogen-bond donors (Lipinski definition) is 1. The summed E-state index contributed by atoms with van der Waals surface area (Å²) < 4.78 is 15.9. The number of esters is 2. The summed E-state index contributed by atoms with van der Waals surface area (Å²) in [6, 6.07) is 8.03. The van der Waals surface area contributed by atoms with Crippen LogP contribution < -0.4 is 5.32 Å². The summed E-state index contributed by atoms with van der Waals surface area (Å²) in [5.74, 6) is -1.51. The number of nitrogens with one attached hydrogen (secondary N) is 1. The lowest BCUT2D eigenvalue weighted by Crippen LogP contribution is -2.33. The van der Waals surface area contributed by atoms with Gasteiger partial charge in [-0.3, -0.25) is 0 Å². The maximum absolute atomic E-state index is 13.0. The fourth-order valence-electron chi connectivity index (χ4n) is 3.62. The SMILES string of the molecule is COCCOC(=O)C1=C(C)NC(C)=C(C(=O)OC(C)C)C1c1ccc(C(C)(C)C)cc1. The van der Waals surface area contributed by atoms with Crippen molar-refractivity contribution in [2.75, 3.05) is 20.3 Å². The normalized spacial score (nSPS) is 17.0. The predicted molar refractivity (Wildman–Crippen MR) is 120 cm³/mol. The first-order valence-corrected chi connectivity index (χ1v) is 10.6. The number of carbonyl (C=O) groups excluding carboxylic acids is 2. The van der Waals surface area contributed by atoms with E-state index in [-0.39, 0.29) is 18.1 Å². The fourth-order valence-corrected chi connectivity index (χ4v) is 3.62. The van der Waals surface area contributed by atoms with Gasteiger partial charge in [-0.05, 0) is 44.2 Å². The summed E-state index contributed by atoms with van der Waals surface area (Å²) in [6.45, 7) is 14.1. The molecule has 0 amide bonds. The number of rotatable bonds is 7. The third-order valence-electron chi connectivity index (χ3n) is 5.17. The lowest BCUT2D eigenvalue weighted by Gasteiger charge is -2.31. The van der Waals surface area contributed by atoms with Gasteiger partial charge in [0.1, 0.15) is 6.61 Å². The first-order chi connectivity index (χ1) is 14.5. The molecular formula is C25H35NO5. The molecule has 1 N–H and O–H groups in total. The van der Waals surface area contributed by atoms with E-state index in [1.165, 1.54) is 5.56 Å². The molecule has 0 aliphatic carbocycles. The van der Waals surface area contributed by atoms with Gasteiger partial charge in [-0.1, -0.05) is 45.0 Å². The Bertz CT molecular complexity index is 872. The van der Waals surface area contributed by atoms with Crippen LogP contribution in [0.25, 0.3) is 0 Å². The lowest BCUT2D eigenvalue weighted by molar-refractivity contribution is -0.143. The molecule has 1 aromatic carbocycles. The molecule has 6 nitrogen and oxygen atoms in total. The van der Waals surface area contributed by atoms with Crippen LogP contribution in [0.1, 0.15) is 65.5 Å². The van der Waals surface area contributed by atoms with Crippen LogP contribution in [0.5, 0.6) is 0 Å². The summed E-state index contributed by atoms with van der Waals surface area (Å²) in [5, 5.41) is 3.17. The molecule has 1 unspecified atom stereocenters. The van der Waals surface area contributed by atoms with Crippen LogP contribution in [0.15, 0.2) is 46.8 Å². The molecule has 2 rings (SSSR count). The van der Waals surface area contributed by atoms with Crippen molar-refractivity contribution in [2.45, 2.75) is 65.9 Å². The largest absolute Gasteiger partial charge is 0.460 e. The summed E-state index contributed by atoms with van der Waals surface area (Å²) in [5.41, 5.74) is 4.14. The summed E-state index contributed by atoms with van der Waals surface area (Å²) in [4.78, 5) is 26.1. The summed E-state index contributed by atoms with van der Waals surface area (Å²) in [6.07, 6.45) is -0.277. The number of hydrogen-bond acceptors (Lipinski definition) is 6. The highest BCUT2D eigenvalue weighted by Gasteiger charge is 2.38. The van der Waals surface area contributed by atoms with Gasteiger partial charge in [0.05, 0.1) is 29.8 Å². The van der Waals surface area contributed by atoms with Gasteiger partial charge in [-0.25, -0.2) is 9.59 Å². The molecule has 1 atom stereocenters. The number of benzene rings is 1. The van der Waals surface area contributed by atoms with E-state index in [0.29, 0.717) is 29.1 Å². The van der Waals surface area contributed by atoms with Crippen LogP contribution in [-0.4, -0.2) is 38.4 Å². The average molecular weight is 430 g/mol. The lowest BCUT2D eigenvalue weighted by atomic mass is 9.79. The molecule has 0 spiro atoms. The average Bonchev–Trinajstić information content (AvgIpc) is 2.66. The zero-order valence-corrected chi connectivity index (χ0v) is 19.9. The number of dihydropyridines is 1. The minimum absolute atomic E-state index is 0.00845. The molecule has 1 aliphatic rings. The maximum Gasteiger partial charge on any atom is 0.337 e. The first-order valence-electron chi connectivity index (χ1n) is 10.6. The van der Waals surface area contributed by atoms with Gasteiger partial charge in [0, 0.05) is 18.5 Å². The van der Waals surface area contributed by atoms with E-state index in [1.54, 1.807) is 21.0 Å². The molecule has 1 heterocycles. The van der Waals surface area contributed by atoms with Gasteiger partial charge < -0.3 is 19.5 Å². The van der Waals surface area contributed by atoms with Crippen LogP contribution >= 0.6 is 0 Å². The molecule has 0 saturated heterocycles. The van der Waals surface area contributed by atoms with Crippen molar-refractivity contribution >= 4 is 11.9 Å². The molecule has 31 heavy (non-hydrogen) atoms. The van der Waals surface area contributed by atoms with Crippen LogP contribution in [0.3, 0.4) is 0 Å². The highest BCUT2D eigenvalue weighted by Crippen LogP contribution is 2.40. The van der Waals surface area contributed by atoms with E-state index < -0.39 is 17.9 Å². The Morgan fingerprint density at radius 3 is 2.00 bits per heavy atom. The van der Waals surface area contributed by atoms with Crippen molar-refractivity contribution in [1.82, 2.24) is 5.32 Å². The second-order valence-corrected chi connectivity index (χ2v) is 9.09. The van der Waals surface area contributed by atoms with Crippen molar-refractivity contribution in [2.24, 2.45) is 0 Å². The number of allylic oxidation sites excluding steroid dienone is 2. The fraction of sp³-hybridized carbons (Fsp3) is 0.520. The molecule has 0 saturated carbocycles. The van der Waals surface area contributed by atoms with E-state index in [0.717, 1.165) is 5.56 Å². The molecule has 170 valence electrons. The van der Waals surface area contributed by atoms with Gasteiger partial charge in [0.2, 0.25) is 0 Å². The zero-order chi connectivity index (χ0) is 23.3. The molecule has 1 aliphatic heterocycles. The Labute approximate surface area is 185 Å². The maximum atomic E-state index is 13.0. The highest BCUT2D eigenvalue weighted by molar-refractivity contribution is 5.99. The minimum atomic E-state index is -0.587. The number of methoxy groups -OCH3 is 1. The third kappa shape index (κ3) is 5.97. The van der Waals surface area contributed by atoms with Crippen LogP contribution in [-0.2, 0) is 29.2 Å². The monoisotopic (exact) mass is 429 g/mol. The number of ether oxygens (including phenoxy) is 3. The Balaban J connectivity index is 2.56. The first kappa shape index (κ1) is 24.7. The summed E-state index contributed by atoms with van der Waals surface area (Å²) >= 11 is 0.